The Balaban J connectivity index is 1.51. The smallest absolute Gasteiger partial charge is 0.257 e. The first-order valence-electron chi connectivity index (χ1n) is 10.7. The average Bonchev–Trinajstić information content (AvgIpc) is 3.34. The molecule has 0 atom stereocenters. The molecule has 2 aromatic heterocycles. The van der Waals surface area contributed by atoms with E-state index in [1.165, 1.54) is 0 Å². The molecule has 31 heavy (non-hydrogen) atoms. The normalized spacial score (nSPS) is 14.5. The van der Waals surface area contributed by atoms with Crippen molar-refractivity contribution < 1.29 is 9.53 Å². The predicted octanol–water partition coefficient (Wildman–Crippen LogP) is 4.69. The van der Waals surface area contributed by atoms with Crippen molar-refractivity contribution in [2.24, 2.45) is 0 Å². The molecule has 1 saturated heterocycles. The summed E-state index contributed by atoms with van der Waals surface area (Å²) in [6.07, 6.45) is 1.70. The molecule has 0 spiro atoms. The van der Waals surface area contributed by atoms with Gasteiger partial charge in [-0.25, -0.2) is 9.97 Å². The Hall–Kier alpha value is -2.93. The maximum atomic E-state index is 13.1. The Labute approximate surface area is 187 Å². The molecule has 3 aromatic rings. The Morgan fingerprint density at radius 2 is 1.97 bits per heavy atom. The molecular weight excluding hydrogens is 408 g/mol. The molecular formula is C24H28N4O2S. The first-order valence-corrected chi connectivity index (χ1v) is 11.6. The first kappa shape index (κ1) is 21.3. The molecule has 1 aliphatic rings. The summed E-state index contributed by atoms with van der Waals surface area (Å²) < 4.78 is 5.65. The van der Waals surface area contributed by atoms with E-state index in [4.69, 9.17) is 14.7 Å². The topological polar surface area (TPSA) is 58.6 Å². The second-order valence-corrected chi connectivity index (χ2v) is 8.65. The summed E-state index contributed by atoms with van der Waals surface area (Å²) in [5, 5.41) is 4.18. The van der Waals surface area contributed by atoms with Gasteiger partial charge in [-0.15, -0.1) is 0 Å². The third kappa shape index (κ3) is 4.71. The molecule has 0 saturated carbocycles. The van der Waals surface area contributed by atoms with Crippen LogP contribution in [-0.2, 0) is 0 Å². The number of amides is 1. The summed E-state index contributed by atoms with van der Waals surface area (Å²) in [5.74, 6) is 2.71. The van der Waals surface area contributed by atoms with Crippen LogP contribution in [0.2, 0.25) is 0 Å². The molecule has 0 aliphatic carbocycles. The van der Waals surface area contributed by atoms with Crippen molar-refractivity contribution in [2.75, 3.05) is 38.7 Å². The lowest BCUT2D eigenvalue weighted by molar-refractivity contribution is 0.0707. The van der Waals surface area contributed by atoms with Gasteiger partial charge in [0.1, 0.15) is 17.4 Å². The Morgan fingerprint density at radius 1 is 1.19 bits per heavy atom. The van der Waals surface area contributed by atoms with Crippen LogP contribution < -0.4 is 9.64 Å². The summed E-state index contributed by atoms with van der Waals surface area (Å²) >= 11 is 1.67. The van der Waals surface area contributed by atoms with Crippen molar-refractivity contribution in [3.8, 4) is 17.0 Å². The quantitative estimate of drug-likeness (QED) is 0.561. The van der Waals surface area contributed by atoms with Crippen molar-refractivity contribution in [3.63, 3.8) is 0 Å². The number of likely N-dealkylation sites (tertiary alicyclic amines) is 1. The van der Waals surface area contributed by atoms with Crippen LogP contribution >= 0.6 is 11.3 Å². The minimum Gasteiger partial charge on any atom is -0.493 e. The Bertz CT molecular complexity index is 1030. The Morgan fingerprint density at radius 3 is 2.65 bits per heavy atom. The van der Waals surface area contributed by atoms with Crippen molar-refractivity contribution >= 4 is 23.1 Å². The van der Waals surface area contributed by atoms with Gasteiger partial charge in [0.05, 0.1) is 17.9 Å². The molecule has 0 radical (unpaired) electrons. The summed E-state index contributed by atoms with van der Waals surface area (Å²) in [5.41, 5.74) is 2.71. The number of rotatable bonds is 6. The fourth-order valence-corrected chi connectivity index (χ4v) is 4.51. The van der Waals surface area contributed by atoms with E-state index in [9.17, 15) is 4.79 Å². The van der Waals surface area contributed by atoms with Crippen molar-refractivity contribution in [1.82, 2.24) is 14.9 Å². The second kappa shape index (κ2) is 9.47. The zero-order valence-electron chi connectivity index (χ0n) is 18.2. The van der Waals surface area contributed by atoms with Crippen LogP contribution in [0.15, 0.2) is 47.2 Å². The highest BCUT2D eigenvalue weighted by Crippen LogP contribution is 2.31. The van der Waals surface area contributed by atoms with E-state index in [1.54, 1.807) is 11.3 Å². The Kier molecular flexibility index (Phi) is 6.51. The molecule has 1 aliphatic heterocycles. The molecule has 1 amide bonds. The second-order valence-electron chi connectivity index (χ2n) is 7.87. The van der Waals surface area contributed by atoms with Crippen LogP contribution in [0.5, 0.6) is 5.75 Å². The number of anilines is 1. The predicted molar refractivity (Wildman–Crippen MR) is 125 cm³/mol. The molecule has 4 rings (SSSR count). The van der Waals surface area contributed by atoms with Crippen LogP contribution in [0.1, 0.15) is 41.9 Å². The van der Waals surface area contributed by atoms with Crippen LogP contribution in [-0.4, -0.2) is 54.6 Å². The number of benzene rings is 1. The van der Waals surface area contributed by atoms with E-state index in [0.717, 1.165) is 35.7 Å². The molecule has 0 unspecified atom stereocenters. The number of piperidine rings is 1. The molecule has 6 nitrogen and oxygen atoms in total. The van der Waals surface area contributed by atoms with Gasteiger partial charge in [-0.1, -0.05) is 12.1 Å². The van der Waals surface area contributed by atoms with E-state index in [2.05, 4.69) is 16.8 Å². The van der Waals surface area contributed by atoms with Gasteiger partial charge in [0.2, 0.25) is 0 Å². The van der Waals surface area contributed by atoms with Gasteiger partial charge in [-0.05, 0) is 43.3 Å². The number of ether oxygens (including phenoxy) is 1. The number of carbonyl (C=O) groups excluding carboxylic acids is 1. The van der Waals surface area contributed by atoms with Crippen molar-refractivity contribution in [2.45, 2.75) is 25.7 Å². The maximum absolute atomic E-state index is 13.1. The number of aromatic nitrogens is 2. The fraction of sp³-hybridized carbons (Fsp3) is 0.375. The van der Waals surface area contributed by atoms with Gasteiger partial charge in [0.15, 0.2) is 0 Å². The van der Waals surface area contributed by atoms with Gasteiger partial charge in [-0.2, -0.15) is 11.3 Å². The van der Waals surface area contributed by atoms with Gasteiger partial charge in [-0.3, -0.25) is 4.79 Å². The van der Waals surface area contributed by atoms with E-state index < -0.39 is 0 Å². The molecule has 162 valence electrons. The fourth-order valence-electron chi connectivity index (χ4n) is 3.86. The lowest BCUT2D eigenvalue weighted by Crippen LogP contribution is -2.38. The summed E-state index contributed by atoms with van der Waals surface area (Å²) in [7, 11) is 4.00. The number of nitrogens with zero attached hydrogens (tertiary/aromatic N) is 4. The van der Waals surface area contributed by atoms with Crippen molar-refractivity contribution in [3.05, 3.63) is 58.5 Å². The third-order valence-electron chi connectivity index (χ3n) is 5.57. The monoisotopic (exact) mass is 436 g/mol. The zero-order chi connectivity index (χ0) is 21.8. The highest BCUT2D eigenvalue weighted by molar-refractivity contribution is 7.08. The summed E-state index contributed by atoms with van der Waals surface area (Å²) in [6, 6.07) is 11.6. The number of hydrogen-bond acceptors (Lipinski definition) is 6. The zero-order valence-corrected chi connectivity index (χ0v) is 19.1. The average molecular weight is 437 g/mol. The standard InChI is InChI=1S/C24H28N4O2S/c1-4-30-21-8-6-5-7-19(21)24(29)28-12-9-17(10-13-28)23-25-20(18-11-14-31-16-18)15-22(26-23)27(2)3/h5-8,11,14-17H,4,9-10,12-13H2,1-3H3. The minimum atomic E-state index is 0.0319. The maximum Gasteiger partial charge on any atom is 0.257 e. The highest BCUT2D eigenvalue weighted by Gasteiger charge is 2.28. The first-order chi connectivity index (χ1) is 15.1. The SMILES string of the molecule is CCOc1ccccc1C(=O)N1CCC(c2nc(-c3ccsc3)cc(N(C)C)n2)CC1. The number of thiophene rings is 1. The van der Waals surface area contributed by atoms with E-state index in [-0.39, 0.29) is 11.8 Å². The van der Waals surface area contributed by atoms with Gasteiger partial charge >= 0.3 is 0 Å². The molecule has 3 heterocycles. The van der Waals surface area contributed by atoms with Gasteiger partial charge < -0.3 is 14.5 Å². The third-order valence-corrected chi connectivity index (χ3v) is 6.25. The molecule has 0 bridgehead atoms. The van der Waals surface area contributed by atoms with Crippen molar-refractivity contribution in [1.29, 1.82) is 0 Å². The van der Waals surface area contributed by atoms with Gasteiger partial charge in [0.25, 0.3) is 5.91 Å². The summed E-state index contributed by atoms with van der Waals surface area (Å²) in [6.45, 7) is 3.85. The number of para-hydroxylation sites is 1. The largest absolute Gasteiger partial charge is 0.493 e. The summed E-state index contributed by atoms with van der Waals surface area (Å²) in [4.78, 5) is 26.8. The van der Waals surface area contributed by atoms with Crippen LogP contribution in [0.4, 0.5) is 5.82 Å². The minimum absolute atomic E-state index is 0.0319. The lowest BCUT2D eigenvalue weighted by Gasteiger charge is -2.32. The van der Waals surface area contributed by atoms with E-state index >= 15 is 0 Å². The lowest BCUT2D eigenvalue weighted by atomic mass is 9.95. The van der Waals surface area contributed by atoms with E-state index in [0.29, 0.717) is 31.0 Å². The molecule has 7 heteroatoms. The molecule has 1 aromatic carbocycles. The number of hydrogen-bond donors (Lipinski definition) is 0. The van der Waals surface area contributed by atoms with Gasteiger partial charge in [0, 0.05) is 50.1 Å². The van der Waals surface area contributed by atoms with Crippen LogP contribution in [0.25, 0.3) is 11.3 Å². The number of carbonyl (C=O) groups is 1. The van der Waals surface area contributed by atoms with Crippen LogP contribution in [0, 0.1) is 0 Å². The highest BCUT2D eigenvalue weighted by atomic mass is 32.1. The molecule has 0 N–H and O–H groups in total. The van der Waals surface area contributed by atoms with E-state index in [1.807, 2.05) is 61.2 Å². The molecule has 1 fully saturated rings. The van der Waals surface area contributed by atoms with Crippen LogP contribution in [0.3, 0.4) is 0 Å².